The third-order valence-corrected chi connectivity index (χ3v) is 4.83. The number of carbonyl (C=O) groups excluding carboxylic acids is 2. The van der Waals surface area contributed by atoms with Gasteiger partial charge in [0.15, 0.2) is 5.96 Å². The molecule has 8 heteroatoms. The molecule has 1 saturated carbocycles. The van der Waals surface area contributed by atoms with Crippen LogP contribution in [0.4, 0.5) is 4.79 Å². The molecule has 2 aliphatic heterocycles. The lowest BCUT2D eigenvalue weighted by molar-refractivity contribution is -0.131. The highest BCUT2D eigenvalue weighted by atomic mass is 16.5. The van der Waals surface area contributed by atoms with Crippen molar-refractivity contribution in [1.82, 2.24) is 15.5 Å². The Balaban J connectivity index is 1.44. The molecule has 1 atom stereocenters. The highest BCUT2D eigenvalue weighted by molar-refractivity contribution is 6.07. The van der Waals surface area contributed by atoms with Crippen molar-refractivity contribution in [2.75, 3.05) is 26.2 Å². The standard InChI is InChI=1S/C15H25N5O3/c16-13(18-10-11-4-3-9-23-11)17-7-8-20-12(21)15(19-14(20)22)5-1-2-6-15/h11H,1-10H2,(H,19,22)(H3,16,17,18). The van der Waals surface area contributed by atoms with Gasteiger partial charge >= 0.3 is 6.03 Å². The van der Waals surface area contributed by atoms with E-state index in [2.05, 4.69) is 15.6 Å². The maximum absolute atomic E-state index is 12.5. The van der Waals surface area contributed by atoms with Gasteiger partial charge in [-0.15, -0.1) is 0 Å². The van der Waals surface area contributed by atoms with Gasteiger partial charge in [-0.2, -0.15) is 0 Å². The summed E-state index contributed by atoms with van der Waals surface area (Å²) in [6.07, 6.45) is 5.70. The van der Waals surface area contributed by atoms with Crippen molar-refractivity contribution in [3.8, 4) is 0 Å². The Bertz CT molecular complexity index is 495. The topological polar surface area (TPSA) is 109 Å². The SMILES string of the molecule is NC(=NCC1CCCO1)NCCN1C(=O)NC2(CCCC2)C1=O. The number of urea groups is 1. The lowest BCUT2D eigenvalue weighted by Gasteiger charge is -2.20. The van der Waals surface area contributed by atoms with Crippen LogP contribution in [0.5, 0.6) is 0 Å². The van der Waals surface area contributed by atoms with E-state index in [-0.39, 0.29) is 18.0 Å². The number of hydrogen-bond donors (Lipinski definition) is 3. The van der Waals surface area contributed by atoms with Gasteiger partial charge in [0, 0.05) is 19.7 Å². The van der Waals surface area contributed by atoms with Crippen LogP contribution in [0.2, 0.25) is 0 Å². The first-order valence-electron chi connectivity index (χ1n) is 8.40. The lowest BCUT2D eigenvalue weighted by atomic mass is 9.98. The van der Waals surface area contributed by atoms with Gasteiger partial charge in [0.2, 0.25) is 0 Å². The second-order valence-corrected chi connectivity index (χ2v) is 6.46. The molecule has 0 radical (unpaired) electrons. The summed E-state index contributed by atoms with van der Waals surface area (Å²) in [5.41, 5.74) is 5.16. The zero-order valence-corrected chi connectivity index (χ0v) is 13.3. The normalized spacial score (nSPS) is 27.0. The van der Waals surface area contributed by atoms with Crippen molar-refractivity contribution < 1.29 is 14.3 Å². The summed E-state index contributed by atoms with van der Waals surface area (Å²) in [4.78, 5) is 30.0. The molecule has 128 valence electrons. The van der Waals surface area contributed by atoms with E-state index in [1.54, 1.807) is 0 Å². The van der Waals surface area contributed by atoms with E-state index in [1.807, 2.05) is 0 Å². The van der Waals surface area contributed by atoms with Crippen LogP contribution in [0.15, 0.2) is 4.99 Å². The molecule has 3 fully saturated rings. The van der Waals surface area contributed by atoms with Crippen LogP contribution in [0.25, 0.3) is 0 Å². The Morgan fingerprint density at radius 2 is 2.17 bits per heavy atom. The minimum atomic E-state index is -0.642. The van der Waals surface area contributed by atoms with Crippen molar-refractivity contribution in [3.63, 3.8) is 0 Å². The van der Waals surface area contributed by atoms with E-state index in [0.717, 1.165) is 45.1 Å². The van der Waals surface area contributed by atoms with Gasteiger partial charge in [0.05, 0.1) is 12.6 Å². The van der Waals surface area contributed by atoms with Crippen molar-refractivity contribution in [3.05, 3.63) is 0 Å². The third-order valence-electron chi connectivity index (χ3n) is 4.83. The molecule has 3 rings (SSSR count). The van der Waals surface area contributed by atoms with E-state index >= 15 is 0 Å². The minimum Gasteiger partial charge on any atom is -0.376 e. The van der Waals surface area contributed by atoms with Crippen LogP contribution in [0.1, 0.15) is 38.5 Å². The summed E-state index contributed by atoms with van der Waals surface area (Å²) in [6.45, 7) is 2.03. The smallest absolute Gasteiger partial charge is 0.325 e. The summed E-state index contributed by atoms with van der Waals surface area (Å²) in [7, 11) is 0. The molecule has 3 amide bonds. The van der Waals surface area contributed by atoms with Crippen molar-refractivity contribution in [2.24, 2.45) is 10.7 Å². The van der Waals surface area contributed by atoms with Crippen LogP contribution in [0.3, 0.4) is 0 Å². The van der Waals surface area contributed by atoms with E-state index in [9.17, 15) is 9.59 Å². The number of rotatable bonds is 5. The molecule has 23 heavy (non-hydrogen) atoms. The Labute approximate surface area is 135 Å². The molecular weight excluding hydrogens is 298 g/mol. The van der Waals surface area contributed by atoms with Crippen molar-refractivity contribution in [1.29, 1.82) is 0 Å². The summed E-state index contributed by atoms with van der Waals surface area (Å²) in [6, 6.07) is -0.298. The number of ether oxygens (including phenoxy) is 1. The first-order chi connectivity index (χ1) is 11.1. The van der Waals surface area contributed by atoms with Crippen LogP contribution in [-0.4, -0.2) is 60.7 Å². The minimum absolute atomic E-state index is 0.100. The lowest BCUT2D eigenvalue weighted by Crippen LogP contribution is -2.45. The van der Waals surface area contributed by atoms with Crippen LogP contribution in [-0.2, 0) is 9.53 Å². The van der Waals surface area contributed by atoms with Crippen LogP contribution >= 0.6 is 0 Å². The predicted octanol–water partition coefficient (Wildman–Crippen LogP) is -0.0657. The number of guanidine groups is 1. The van der Waals surface area contributed by atoms with Gasteiger partial charge < -0.3 is 21.1 Å². The largest absolute Gasteiger partial charge is 0.376 e. The van der Waals surface area contributed by atoms with E-state index in [0.29, 0.717) is 25.6 Å². The van der Waals surface area contributed by atoms with E-state index < -0.39 is 5.54 Å². The fourth-order valence-electron chi connectivity index (χ4n) is 3.54. The molecule has 0 aromatic heterocycles. The van der Waals surface area contributed by atoms with Gasteiger partial charge in [-0.3, -0.25) is 14.7 Å². The molecule has 2 saturated heterocycles. The molecule has 0 bridgehead atoms. The first kappa shape index (κ1) is 16.0. The Hall–Kier alpha value is -1.83. The second kappa shape index (κ2) is 6.74. The van der Waals surface area contributed by atoms with Gasteiger partial charge in [-0.1, -0.05) is 12.8 Å². The number of hydrogen-bond acceptors (Lipinski definition) is 4. The number of nitrogens with one attached hydrogen (secondary N) is 2. The zero-order chi connectivity index (χ0) is 16.3. The van der Waals surface area contributed by atoms with Crippen molar-refractivity contribution >= 4 is 17.9 Å². The molecule has 1 unspecified atom stereocenters. The molecule has 1 aliphatic carbocycles. The van der Waals surface area contributed by atoms with Gasteiger partial charge in [0.1, 0.15) is 5.54 Å². The quantitative estimate of drug-likeness (QED) is 0.373. The molecule has 1 spiro atoms. The van der Waals surface area contributed by atoms with E-state index in [4.69, 9.17) is 10.5 Å². The Kier molecular flexibility index (Phi) is 4.70. The molecule has 3 aliphatic rings. The summed E-state index contributed by atoms with van der Waals surface area (Å²) in [5, 5.41) is 5.81. The van der Waals surface area contributed by atoms with Gasteiger partial charge in [0.25, 0.3) is 5.91 Å². The maximum Gasteiger partial charge on any atom is 0.325 e. The molecule has 8 nitrogen and oxygen atoms in total. The fourth-order valence-corrected chi connectivity index (χ4v) is 3.54. The molecular formula is C15H25N5O3. The highest BCUT2D eigenvalue weighted by Gasteiger charge is 2.52. The number of aliphatic imine (C=N–C) groups is 1. The molecule has 0 aromatic rings. The fraction of sp³-hybridized carbons (Fsp3) is 0.800. The monoisotopic (exact) mass is 323 g/mol. The van der Waals surface area contributed by atoms with Crippen LogP contribution in [0, 0.1) is 0 Å². The number of nitrogens with zero attached hydrogens (tertiary/aromatic N) is 2. The maximum atomic E-state index is 12.5. The Morgan fingerprint density at radius 1 is 1.39 bits per heavy atom. The summed E-state index contributed by atoms with van der Waals surface area (Å²) >= 11 is 0. The second-order valence-electron chi connectivity index (χ2n) is 6.46. The Morgan fingerprint density at radius 3 is 2.87 bits per heavy atom. The highest BCUT2D eigenvalue weighted by Crippen LogP contribution is 2.34. The zero-order valence-electron chi connectivity index (χ0n) is 13.3. The average molecular weight is 323 g/mol. The summed E-state index contributed by atoms with van der Waals surface area (Å²) < 4.78 is 5.47. The first-order valence-corrected chi connectivity index (χ1v) is 8.40. The predicted molar refractivity (Wildman–Crippen MR) is 84.9 cm³/mol. The average Bonchev–Trinajstić information content (AvgIpc) is 3.24. The number of nitrogens with two attached hydrogens (primary N) is 1. The molecule has 2 heterocycles. The number of carbonyl (C=O) groups is 2. The summed E-state index contributed by atoms with van der Waals surface area (Å²) in [5.74, 6) is 0.222. The number of imide groups is 1. The third kappa shape index (κ3) is 3.41. The van der Waals surface area contributed by atoms with Gasteiger partial charge in [-0.05, 0) is 25.7 Å². The molecule has 4 N–H and O–H groups in total. The number of amides is 3. The van der Waals surface area contributed by atoms with Gasteiger partial charge in [-0.25, -0.2) is 4.79 Å². The van der Waals surface area contributed by atoms with E-state index in [1.165, 1.54) is 4.90 Å². The molecule has 0 aromatic carbocycles. The van der Waals surface area contributed by atoms with Crippen molar-refractivity contribution in [2.45, 2.75) is 50.2 Å². The van der Waals surface area contributed by atoms with Crippen LogP contribution < -0.4 is 16.4 Å².